The van der Waals surface area contributed by atoms with E-state index in [0.29, 0.717) is 0 Å². The van der Waals surface area contributed by atoms with Crippen molar-refractivity contribution in [2.75, 3.05) is 0 Å². The van der Waals surface area contributed by atoms with Crippen molar-refractivity contribution in [1.29, 1.82) is 0 Å². The fourth-order valence-electron chi connectivity index (χ4n) is 0. The Morgan fingerprint density at radius 2 is 0.412 bits per heavy atom. The Morgan fingerprint density at radius 3 is 0.412 bits per heavy atom. The standard InChI is InChI=1S/CH4.4H2O3S/c;4*1-4(2)3/h1H4;4*(H2,1,2,3). The van der Waals surface area contributed by atoms with Crippen LogP contribution >= 0.6 is 0 Å². The maximum atomic E-state index is 8.67. The van der Waals surface area contributed by atoms with Crippen molar-refractivity contribution in [2.45, 2.75) is 7.43 Å². The van der Waals surface area contributed by atoms with Crippen molar-refractivity contribution in [3.8, 4) is 0 Å². The van der Waals surface area contributed by atoms with Gasteiger partial charge in [-0.3, -0.25) is 36.4 Å². The Morgan fingerprint density at radius 1 is 0.412 bits per heavy atom. The van der Waals surface area contributed by atoms with E-state index >= 15 is 0 Å². The molecule has 12 nitrogen and oxygen atoms in total. The molecule has 0 fully saturated rings. The van der Waals surface area contributed by atoms with Crippen LogP contribution in [0.1, 0.15) is 7.43 Å². The van der Waals surface area contributed by atoms with Crippen LogP contribution in [0.3, 0.4) is 0 Å². The van der Waals surface area contributed by atoms with Gasteiger partial charge in [-0.1, -0.05) is 7.43 Å². The van der Waals surface area contributed by atoms with Gasteiger partial charge in [0.2, 0.25) is 0 Å². The van der Waals surface area contributed by atoms with Gasteiger partial charge in [-0.15, -0.1) is 0 Å². The zero-order valence-electron chi connectivity index (χ0n) is 6.84. The number of rotatable bonds is 0. The van der Waals surface area contributed by atoms with E-state index in [1.807, 2.05) is 0 Å². The summed E-state index contributed by atoms with van der Waals surface area (Å²) in [6.45, 7) is 0. The highest BCUT2D eigenvalue weighted by molar-refractivity contribution is 7.73. The van der Waals surface area contributed by atoms with Crippen molar-refractivity contribution in [2.24, 2.45) is 0 Å². The molecule has 0 radical (unpaired) electrons. The molecule has 8 N–H and O–H groups in total. The molecule has 0 aliphatic heterocycles. The quantitative estimate of drug-likeness (QED) is 0.256. The molecule has 0 aromatic rings. The third-order valence-corrected chi connectivity index (χ3v) is 0. The van der Waals surface area contributed by atoms with Gasteiger partial charge in [0, 0.05) is 0 Å². The Balaban J connectivity index is -0.0000000369. The van der Waals surface area contributed by atoms with Crippen LogP contribution in [0.2, 0.25) is 0 Å². The summed E-state index contributed by atoms with van der Waals surface area (Å²) >= 11 is -10.4. The summed E-state index contributed by atoms with van der Waals surface area (Å²) in [7, 11) is 0. The lowest BCUT2D eigenvalue weighted by atomic mass is 12.0. The largest absolute Gasteiger partial charge is 0.299 e. The molecule has 0 aliphatic rings. The van der Waals surface area contributed by atoms with Crippen LogP contribution in [0.5, 0.6) is 0 Å². The van der Waals surface area contributed by atoms with Crippen LogP contribution in [0.15, 0.2) is 0 Å². The average molecular weight is 344 g/mol. The van der Waals surface area contributed by atoms with E-state index < -0.39 is 45.4 Å². The normalized spacial score (nSPS) is 8.24. The minimum atomic E-state index is -2.61. The van der Waals surface area contributed by atoms with Gasteiger partial charge in [-0.25, -0.2) is 0 Å². The SMILES string of the molecule is C.O=S(O)O.O=S(O)O.O=S(O)O.O=S(O)O. The molecule has 0 aliphatic carbocycles. The maximum absolute atomic E-state index is 8.67. The second kappa shape index (κ2) is 25.2. The highest BCUT2D eigenvalue weighted by Crippen LogP contribution is 1.45. The van der Waals surface area contributed by atoms with Crippen LogP contribution in [0.4, 0.5) is 0 Å². The molecule has 112 valence electrons. The first-order valence-electron chi connectivity index (χ1n) is 2.13. The Kier molecular flexibility index (Phi) is 45.0. The lowest BCUT2D eigenvalue weighted by Gasteiger charge is -1.59. The van der Waals surface area contributed by atoms with Crippen molar-refractivity contribution < 1.29 is 53.3 Å². The molecule has 0 aromatic carbocycles. The summed E-state index contributed by atoms with van der Waals surface area (Å²) in [5, 5.41) is 0. The first kappa shape index (κ1) is 30.4. The molecule has 0 heterocycles. The lowest BCUT2D eigenvalue weighted by molar-refractivity contribution is 0.452. The fraction of sp³-hybridized carbons (Fsp3) is 1.00. The van der Waals surface area contributed by atoms with Crippen LogP contribution < -0.4 is 0 Å². The molecule has 0 unspecified atom stereocenters. The zero-order valence-corrected chi connectivity index (χ0v) is 10.1. The highest BCUT2D eigenvalue weighted by Gasteiger charge is 1.63. The summed E-state index contributed by atoms with van der Waals surface area (Å²) < 4.78 is 91.3. The monoisotopic (exact) mass is 344 g/mol. The minimum absolute atomic E-state index is 0. The van der Waals surface area contributed by atoms with Gasteiger partial charge in [0.1, 0.15) is 0 Å². The second-order valence-corrected chi connectivity index (χ2v) is 2.77. The van der Waals surface area contributed by atoms with Crippen LogP contribution in [0.25, 0.3) is 0 Å². The smallest absolute Gasteiger partial charge is 0.284 e. The van der Waals surface area contributed by atoms with Gasteiger partial charge in [0.25, 0.3) is 45.4 Å². The van der Waals surface area contributed by atoms with Crippen molar-refractivity contribution in [3.63, 3.8) is 0 Å². The van der Waals surface area contributed by atoms with Gasteiger partial charge in [-0.2, -0.15) is 16.8 Å². The van der Waals surface area contributed by atoms with Gasteiger partial charge in [0.05, 0.1) is 0 Å². The summed E-state index contributed by atoms with van der Waals surface area (Å²) in [4.78, 5) is 0. The minimum Gasteiger partial charge on any atom is -0.284 e. The molecule has 0 rings (SSSR count). The predicted molar refractivity (Wildman–Crippen MR) is 60.3 cm³/mol. The summed E-state index contributed by atoms with van der Waals surface area (Å²) in [6.07, 6.45) is 0. The van der Waals surface area contributed by atoms with Crippen molar-refractivity contribution >= 4 is 45.4 Å². The third-order valence-electron chi connectivity index (χ3n) is 0. The van der Waals surface area contributed by atoms with Gasteiger partial charge >= 0.3 is 0 Å². The number of hydrogen-bond donors (Lipinski definition) is 8. The molecule has 0 spiro atoms. The second-order valence-electron chi connectivity index (χ2n) is 0.923. The third kappa shape index (κ3) is 42300. The fourth-order valence-corrected chi connectivity index (χ4v) is 0. The molecule has 0 saturated carbocycles. The molecule has 17 heavy (non-hydrogen) atoms. The predicted octanol–water partition coefficient (Wildman–Crippen LogP) is -0.639. The van der Waals surface area contributed by atoms with E-state index in [9.17, 15) is 0 Å². The van der Waals surface area contributed by atoms with E-state index in [1.165, 1.54) is 0 Å². The molecule has 0 aromatic heterocycles. The Bertz CT molecular complexity index is 159. The first-order valence-corrected chi connectivity index (χ1v) is 6.38. The lowest BCUT2D eigenvalue weighted by Crippen LogP contribution is -1.74. The van der Waals surface area contributed by atoms with E-state index in [4.69, 9.17) is 53.3 Å². The summed E-state index contributed by atoms with van der Waals surface area (Å²) in [5.74, 6) is 0. The zero-order chi connectivity index (χ0) is 14.3. The molecule has 0 saturated heterocycles. The molecule has 16 heteroatoms. The summed E-state index contributed by atoms with van der Waals surface area (Å²) in [5.41, 5.74) is 0. The van der Waals surface area contributed by atoms with Gasteiger partial charge in [-0.05, 0) is 0 Å². The van der Waals surface area contributed by atoms with Crippen LogP contribution in [0, 0.1) is 0 Å². The average Bonchev–Trinajstić information content (AvgIpc) is 1.76. The topological polar surface area (TPSA) is 230 Å². The molecule has 0 atom stereocenters. The molecule has 0 bridgehead atoms. The van der Waals surface area contributed by atoms with Crippen LogP contribution in [-0.2, 0) is 45.4 Å². The van der Waals surface area contributed by atoms with Crippen molar-refractivity contribution in [3.05, 3.63) is 0 Å². The Labute approximate surface area is 106 Å². The first-order chi connectivity index (χ1) is 6.93. The highest BCUT2D eigenvalue weighted by atomic mass is 32.2. The molecule has 0 amide bonds. The summed E-state index contributed by atoms with van der Waals surface area (Å²) in [6, 6.07) is 0. The van der Waals surface area contributed by atoms with E-state index in [2.05, 4.69) is 0 Å². The van der Waals surface area contributed by atoms with E-state index in [0.717, 1.165) is 0 Å². The number of hydrogen-bond acceptors (Lipinski definition) is 4. The molecular weight excluding hydrogens is 332 g/mol. The van der Waals surface area contributed by atoms with Gasteiger partial charge < -0.3 is 0 Å². The van der Waals surface area contributed by atoms with Gasteiger partial charge in [0.15, 0.2) is 0 Å². The van der Waals surface area contributed by atoms with Crippen molar-refractivity contribution in [1.82, 2.24) is 0 Å². The Hall–Kier alpha value is 0.280. The van der Waals surface area contributed by atoms with E-state index in [-0.39, 0.29) is 7.43 Å². The van der Waals surface area contributed by atoms with E-state index in [1.54, 1.807) is 0 Å². The maximum Gasteiger partial charge on any atom is 0.299 e. The molecular formula is CH12O12S4. The van der Waals surface area contributed by atoms with Crippen LogP contribution in [-0.4, -0.2) is 53.3 Å².